The molecule has 0 saturated carbocycles. The molecule has 1 atom stereocenters. The van der Waals surface area contributed by atoms with Gasteiger partial charge in [-0.25, -0.2) is 8.11 Å². The lowest BCUT2D eigenvalue weighted by Crippen LogP contribution is -2.48. The van der Waals surface area contributed by atoms with Crippen LogP contribution in [0.25, 0.3) is 10.8 Å². The number of hydrogen-bond acceptors (Lipinski definition) is 7. The van der Waals surface area contributed by atoms with E-state index in [1.54, 1.807) is 6.07 Å². The lowest BCUT2D eigenvalue weighted by Gasteiger charge is -2.39. The van der Waals surface area contributed by atoms with Crippen LogP contribution in [0.5, 0.6) is 5.75 Å². The summed E-state index contributed by atoms with van der Waals surface area (Å²) < 4.78 is 8.32. The molecule has 9 heteroatoms. The Bertz CT molecular complexity index is 1330. The molecule has 0 unspecified atom stereocenters. The predicted molar refractivity (Wildman–Crippen MR) is 172 cm³/mol. The fraction of sp³-hybridized carbons (Fsp3) is 0.419. The number of benzene rings is 2. The number of ether oxygens (including phenoxy) is 1. The zero-order chi connectivity index (χ0) is 28.8. The third kappa shape index (κ3) is 7.17. The molecule has 2 aromatic rings. The fourth-order valence-corrected chi connectivity index (χ4v) is 6.01. The highest BCUT2D eigenvalue weighted by atomic mass is 127. The number of halogens is 1. The van der Waals surface area contributed by atoms with E-state index in [1.165, 1.54) is 17.3 Å². The number of aliphatic imine (C=N–C) groups is 1. The van der Waals surface area contributed by atoms with Crippen LogP contribution in [-0.4, -0.2) is 88.6 Å². The minimum Gasteiger partial charge on any atom is -0.508 e. The van der Waals surface area contributed by atoms with Gasteiger partial charge in [-0.3, -0.25) is 4.79 Å². The standard InChI is InChI=1S/C31H40IN5O3/c1-6-30(40-22(3)20-34(5)32)33-28-21-37(29-19-25(38)18-24-10-8-9-11-27(24)29)13-12-26(28)23(4)35-14-16-36(17-15-35)31(39)7-2/h6-11,18-19,22,38H,2,12-17,20-21H2,1,3-5H3/b26-23+,30-6-,33-28-/t22-/m0/s1. The van der Waals surface area contributed by atoms with Crippen molar-refractivity contribution in [2.24, 2.45) is 4.99 Å². The average molecular weight is 658 g/mol. The molecule has 0 spiro atoms. The van der Waals surface area contributed by atoms with E-state index in [1.807, 2.05) is 49.2 Å². The lowest BCUT2D eigenvalue weighted by molar-refractivity contribution is -0.127. The van der Waals surface area contributed by atoms with Crippen molar-refractivity contribution in [3.63, 3.8) is 0 Å². The molecule has 4 rings (SSSR count). The van der Waals surface area contributed by atoms with Crippen molar-refractivity contribution < 1.29 is 14.6 Å². The highest BCUT2D eigenvalue weighted by molar-refractivity contribution is 14.1. The number of hydrogen-bond donors (Lipinski definition) is 1. The lowest BCUT2D eigenvalue weighted by atomic mass is 9.97. The van der Waals surface area contributed by atoms with Gasteiger partial charge in [-0.05, 0) is 63.4 Å². The molecule has 2 aromatic carbocycles. The Morgan fingerprint density at radius 3 is 2.58 bits per heavy atom. The van der Waals surface area contributed by atoms with E-state index >= 15 is 0 Å². The number of nitrogens with zero attached hydrogens (tertiary/aromatic N) is 5. The summed E-state index contributed by atoms with van der Waals surface area (Å²) in [5.74, 6) is 0.848. The van der Waals surface area contributed by atoms with Gasteiger partial charge < -0.3 is 24.5 Å². The van der Waals surface area contributed by atoms with Gasteiger partial charge in [-0.15, -0.1) is 0 Å². The molecule has 2 heterocycles. The van der Waals surface area contributed by atoms with Gasteiger partial charge in [0, 0.05) is 85.0 Å². The smallest absolute Gasteiger partial charge is 0.246 e. The topological polar surface area (TPSA) is 71.9 Å². The van der Waals surface area contributed by atoms with Crippen LogP contribution in [-0.2, 0) is 9.53 Å². The zero-order valence-corrected chi connectivity index (χ0v) is 26.1. The number of aromatic hydroxyl groups is 1. The van der Waals surface area contributed by atoms with E-state index in [0.717, 1.165) is 54.8 Å². The second-order valence-corrected chi connectivity index (χ2v) is 12.0. The summed E-state index contributed by atoms with van der Waals surface area (Å²) in [5, 5.41) is 12.6. The Balaban J connectivity index is 1.67. The molecule has 0 radical (unpaired) electrons. The number of anilines is 1. The maximum atomic E-state index is 12.1. The summed E-state index contributed by atoms with van der Waals surface area (Å²) in [6, 6.07) is 11.8. The van der Waals surface area contributed by atoms with Crippen molar-refractivity contribution >= 4 is 50.9 Å². The van der Waals surface area contributed by atoms with Gasteiger partial charge in [0.25, 0.3) is 0 Å². The van der Waals surface area contributed by atoms with Crippen molar-refractivity contribution in [2.75, 3.05) is 57.8 Å². The van der Waals surface area contributed by atoms with Gasteiger partial charge in [0.15, 0.2) is 0 Å². The van der Waals surface area contributed by atoms with Crippen molar-refractivity contribution in [1.29, 1.82) is 0 Å². The largest absolute Gasteiger partial charge is 0.508 e. The van der Waals surface area contributed by atoms with Crippen LogP contribution in [0.1, 0.15) is 27.2 Å². The van der Waals surface area contributed by atoms with Crippen LogP contribution in [0.4, 0.5) is 5.69 Å². The van der Waals surface area contributed by atoms with E-state index in [2.05, 4.69) is 62.3 Å². The van der Waals surface area contributed by atoms with E-state index in [9.17, 15) is 9.90 Å². The Morgan fingerprint density at radius 2 is 1.90 bits per heavy atom. The molecular formula is C31H40IN5O3. The van der Waals surface area contributed by atoms with Gasteiger partial charge in [-0.2, -0.15) is 0 Å². The number of piperazine rings is 1. The van der Waals surface area contributed by atoms with Crippen molar-refractivity contribution in [3.8, 4) is 5.75 Å². The van der Waals surface area contributed by atoms with Crippen molar-refractivity contribution in [3.05, 3.63) is 72.3 Å². The van der Waals surface area contributed by atoms with Crippen molar-refractivity contribution in [1.82, 2.24) is 12.9 Å². The molecule has 0 aromatic heterocycles. The summed E-state index contributed by atoms with van der Waals surface area (Å²) >= 11 is 2.26. The van der Waals surface area contributed by atoms with Crippen LogP contribution in [0.3, 0.4) is 0 Å². The Labute approximate surface area is 251 Å². The number of fused-ring (bicyclic) bond motifs is 1. The minimum absolute atomic E-state index is 0.0139. The number of allylic oxidation sites excluding steroid dienone is 2. The highest BCUT2D eigenvalue weighted by Gasteiger charge is 2.28. The molecule has 2 aliphatic rings. The van der Waals surface area contributed by atoms with Crippen LogP contribution in [0.15, 0.2) is 77.3 Å². The molecular weight excluding hydrogens is 617 g/mol. The molecule has 2 fully saturated rings. The highest BCUT2D eigenvalue weighted by Crippen LogP contribution is 2.34. The Hall–Kier alpha value is -3.05. The van der Waals surface area contributed by atoms with E-state index < -0.39 is 0 Å². The van der Waals surface area contributed by atoms with Crippen molar-refractivity contribution in [2.45, 2.75) is 33.3 Å². The van der Waals surface area contributed by atoms with Gasteiger partial charge in [0.05, 0.1) is 12.3 Å². The summed E-state index contributed by atoms with van der Waals surface area (Å²) in [7, 11) is 2.02. The zero-order valence-electron chi connectivity index (χ0n) is 23.9. The molecule has 0 bridgehead atoms. The Morgan fingerprint density at radius 1 is 1.20 bits per heavy atom. The monoisotopic (exact) mass is 657 g/mol. The van der Waals surface area contributed by atoms with Crippen LogP contribution < -0.4 is 4.90 Å². The van der Waals surface area contributed by atoms with E-state index in [0.29, 0.717) is 25.5 Å². The maximum Gasteiger partial charge on any atom is 0.246 e. The van der Waals surface area contributed by atoms with Crippen LogP contribution in [0.2, 0.25) is 0 Å². The maximum absolute atomic E-state index is 12.1. The van der Waals surface area contributed by atoms with Crippen LogP contribution >= 0.6 is 22.9 Å². The first-order chi connectivity index (χ1) is 19.2. The summed E-state index contributed by atoms with van der Waals surface area (Å²) in [6.45, 7) is 14.9. The third-order valence-electron chi connectivity index (χ3n) is 7.49. The van der Waals surface area contributed by atoms with E-state index in [-0.39, 0.29) is 17.8 Å². The number of likely N-dealkylation sites (N-methyl/N-ethyl adjacent to an activating group) is 1. The number of phenolic OH excluding ortho intramolecular Hbond substituents is 1. The molecule has 8 nitrogen and oxygen atoms in total. The number of rotatable bonds is 8. The first kappa shape index (κ1) is 29.9. The molecule has 40 heavy (non-hydrogen) atoms. The van der Waals surface area contributed by atoms with Crippen LogP contribution in [0, 0.1) is 0 Å². The summed E-state index contributed by atoms with van der Waals surface area (Å²) in [6.07, 6.45) is 4.11. The van der Waals surface area contributed by atoms with E-state index in [4.69, 9.17) is 9.73 Å². The molecule has 1 N–H and O–H groups in total. The van der Waals surface area contributed by atoms with Gasteiger partial charge in [0.2, 0.25) is 11.8 Å². The number of carbonyl (C=O) groups is 1. The third-order valence-corrected chi connectivity index (χ3v) is 7.88. The SMILES string of the molecule is C=CC(=O)N1CCN(\C(C)=C2/CCN(c3cc(O)cc4ccccc34)C/C2=N/C(=C/C)O[C@@H](C)CN(C)I)CC1. The number of amides is 1. The Kier molecular flexibility index (Phi) is 10.1. The second kappa shape index (κ2) is 13.5. The minimum atomic E-state index is -0.0174. The number of piperidine rings is 1. The average Bonchev–Trinajstić information content (AvgIpc) is 2.95. The molecule has 2 aliphatic heterocycles. The molecule has 1 amide bonds. The summed E-state index contributed by atoms with van der Waals surface area (Å²) in [4.78, 5) is 23.7. The molecule has 2 saturated heterocycles. The molecule has 0 aliphatic carbocycles. The fourth-order valence-electron chi connectivity index (χ4n) is 5.45. The first-order valence-corrected chi connectivity index (χ1v) is 14.8. The number of carbonyl (C=O) groups excluding carboxylic acids is 1. The second-order valence-electron chi connectivity index (χ2n) is 10.3. The van der Waals surface area contributed by atoms with Gasteiger partial charge in [0.1, 0.15) is 11.9 Å². The van der Waals surface area contributed by atoms with Gasteiger partial charge in [-0.1, -0.05) is 30.8 Å². The normalized spacial score (nSPS) is 19.8. The first-order valence-electron chi connectivity index (χ1n) is 13.8. The molecule has 214 valence electrons. The van der Waals surface area contributed by atoms with Gasteiger partial charge >= 0.3 is 0 Å². The predicted octanol–water partition coefficient (Wildman–Crippen LogP) is 5.35. The quantitative estimate of drug-likeness (QED) is 0.179. The summed E-state index contributed by atoms with van der Waals surface area (Å²) in [5.41, 5.74) is 4.37. The number of phenols is 1.